The largest absolute Gasteiger partial charge is 0.492 e. The maximum atomic E-state index is 13.2. The molecule has 23 heavy (non-hydrogen) atoms. The number of carbonyl (C=O) groups is 1. The van der Waals surface area contributed by atoms with Gasteiger partial charge in [-0.1, -0.05) is 0 Å². The van der Waals surface area contributed by atoms with E-state index in [1.165, 1.54) is 31.4 Å². The number of carbonyl (C=O) groups excluding carboxylic acids is 1. The second kappa shape index (κ2) is 6.91. The van der Waals surface area contributed by atoms with E-state index in [1.807, 2.05) is 0 Å². The topological polar surface area (TPSA) is 82.3 Å². The third kappa shape index (κ3) is 3.85. The first-order valence-corrected chi connectivity index (χ1v) is 6.91. The zero-order valence-electron chi connectivity index (χ0n) is 12.7. The number of nitrogens with one attached hydrogen (secondary N) is 1. The average Bonchev–Trinajstić information content (AvgIpc) is 2.51. The molecule has 0 aliphatic rings. The first kappa shape index (κ1) is 16.5. The third-order valence-electron chi connectivity index (χ3n) is 3.09. The standard InChI is InChI=1S/C15H16FN3O4/c1-3-23-12-8-10(16)4-5-11(12)17-13(20)9-19-7-6-14(21)18(2)15(19)22/h4-8H,3,9H2,1-2H3,(H,17,20). The first-order valence-electron chi connectivity index (χ1n) is 6.91. The van der Waals surface area contributed by atoms with Crippen LogP contribution in [0.1, 0.15) is 6.92 Å². The highest BCUT2D eigenvalue weighted by atomic mass is 19.1. The van der Waals surface area contributed by atoms with Crippen LogP contribution >= 0.6 is 0 Å². The van der Waals surface area contributed by atoms with Gasteiger partial charge < -0.3 is 10.1 Å². The summed E-state index contributed by atoms with van der Waals surface area (Å²) in [6.45, 7) is 1.77. The number of rotatable bonds is 5. The van der Waals surface area contributed by atoms with Crippen LogP contribution in [0.15, 0.2) is 40.1 Å². The Morgan fingerprint density at radius 2 is 2.04 bits per heavy atom. The number of ether oxygens (including phenoxy) is 1. The molecule has 0 aliphatic carbocycles. The predicted molar refractivity (Wildman–Crippen MR) is 82.1 cm³/mol. The minimum atomic E-state index is -0.600. The van der Waals surface area contributed by atoms with Gasteiger partial charge in [0.25, 0.3) is 5.56 Å². The lowest BCUT2D eigenvalue weighted by molar-refractivity contribution is -0.116. The lowest BCUT2D eigenvalue weighted by Gasteiger charge is -2.12. The van der Waals surface area contributed by atoms with Gasteiger partial charge in [-0.25, -0.2) is 9.18 Å². The zero-order chi connectivity index (χ0) is 17.0. The molecular formula is C15H16FN3O4. The summed E-state index contributed by atoms with van der Waals surface area (Å²) in [5.41, 5.74) is -0.753. The van der Waals surface area contributed by atoms with E-state index in [2.05, 4.69) is 5.32 Å². The Bertz CT molecular complexity index is 841. The van der Waals surface area contributed by atoms with Crippen LogP contribution in [0.5, 0.6) is 5.75 Å². The number of hydrogen-bond donors (Lipinski definition) is 1. The fourth-order valence-electron chi connectivity index (χ4n) is 1.96. The van der Waals surface area contributed by atoms with Crippen LogP contribution < -0.4 is 21.3 Å². The van der Waals surface area contributed by atoms with Crippen molar-refractivity contribution >= 4 is 11.6 Å². The molecule has 1 N–H and O–H groups in total. The molecule has 0 saturated heterocycles. The molecule has 0 radical (unpaired) electrons. The summed E-state index contributed by atoms with van der Waals surface area (Å²) in [7, 11) is 1.33. The van der Waals surface area contributed by atoms with Crippen LogP contribution in [0.25, 0.3) is 0 Å². The van der Waals surface area contributed by atoms with Crippen molar-refractivity contribution in [3.8, 4) is 5.75 Å². The van der Waals surface area contributed by atoms with E-state index in [9.17, 15) is 18.8 Å². The molecule has 0 aliphatic heterocycles. The van der Waals surface area contributed by atoms with Gasteiger partial charge in [-0.05, 0) is 19.1 Å². The van der Waals surface area contributed by atoms with Gasteiger partial charge in [0.2, 0.25) is 5.91 Å². The van der Waals surface area contributed by atoms with Crippen molar-refractivity contribution < 1.29 is 13.9 Å². The van der Waals surface area contributed by atoms with Gasteiger partial charge in [0.1, 0.15) is 18.1 Å². The van der Waals surface area contributed by atoms with Crippen LogP contribution in [0.2, 0.25) is 0 Å². The van der Waals surface area contributed by atoms with Gasteiger partial charge >= 0.3 is 5.69 Å². The molecule has 0 saturated carbocycles. The molecule has 0 spiro atoms. The van der Waals surface area contributed by atoms with Crippen molar-refractivity contribution in [2.75, 3.05) is 11.9 Å². The lowest BCUT2D eigenvalue weighted by atomic mass is 10.2. The molecule has 2 rings (SSSR count). The number of aromatic nitrogens is 2. The number of anilines is 1. The summed E-state index contributed by atoms with van der Waals surface area (Å²) < 4.78 is 20.5. The highest BCUT2D eigenvalue weighted by Gasteiger charge is 2.11. The Morgan fingerprint density at radius 1 is 1.30 bits per heavy atom. The zero-order valence-corrected chi connectivity index (χ0v) is 12.7. The molecule has 1 aromatic carbocycles. The second-order valence-corrected chi connectivity index (χ2v) is 4.75. The van der Waals surface area contributed by atoms with Crippen molar-refractivity contribution in [1.82, 2.24) is 9.13 Å². The van der Waals surface area contributed by atoms with E-state index in [0.717, 1.165) is 15.2 Å². The minimum Gasteiger partial charge on any atom is -0.492 e. The fraction of sp³-hybridized carbons (Fsp3) is 0.267. The van der Waals surface area contributed by atoms with Crippen LogP contribution in [0.3, 0.4) is 0 Å². The van der Waals surface area contributed by atoms with Gasteiger partial charge in [0.15, 0.2) is 0 Å². The first-order chi connectivity index (χ1) is 10.9. The SMILES string of the molecule is CCOc1cc(F)ccc1NC(=O)Cn1ccc(=O)n(C)c1=O. The van der Waals surface area contributed by atoms with Crippen molar-refractivity contribution in [1.29, 1.82) is 0 Å². The molecule has 1 amide bonds. The van der Waals surface area contributed by atoms with E-state index in [0.29, 0.717) is 12.3 Å². The number of hydrogen-bond acceptors (Lipinski definition) is 4. The summed E-state index contributed by atoms with van der Waals surface area (Å²) in [5.74, 6) is -0.785. The minimum absolute atomic E-state index is 0.202. The smallest absolute Gasteiger partial charge is 0.331 e. The van der Waals surface area contributed by atoms with E-state index >= 15 is 0 Å². The van der Waals surface area contributed by atoms with E-state index in [4.69, 9.17) is 4.74 Å². The third-order valence-corrected chi connectivity index (χ3v) is 3.09. The van der Waals surface area contributed by atoms with Gasteiger partial charge in [-0.2, -0.15) is 0 Å². The van der Waals surface area contributed by atoms with Crippen LogP contribution in [-0.2, 0) is 18.4 Å². The van der Waals surface area contributed by atoms with Gasteiger partial charge in [-0.15, -0.1) is 0 Å². The molecule has 1 aromatic heterocycles. The van der Waals surface area contributed by atoms with Crippen molar-refractivity contribution in [2.24, 2.45) is 7.05 Å². The van der Waals surface area contributed by atoms with Gasteiger partial charge in [-0.3, -0.25) is 18.7 Å². The van der Waals surface area contributed by atoms with Crippen LogP contribution in [-0.4, -0.2) is 21.6 Å². The molecule has 0 unspecified atom stereocenters. The molecule has 7 nitrogen and oxygen atoms in total. The maximum Gasteiger partial charge on any atom is 0.331 e. The van der Waals surface area contributed by atoms with Gasteiger partial charge in [0, 0.05) is 25.4 Å². The number of halogens is 1. The quantitative estimate of drug-likeness (QED) is 0.880. The molecular weight excluding hydrogens is 305 g/mol. The highest BCUT2D eigenvalue weighted by molar-refractivity contribution is 5.92. The van der Waals surface area contributed by atoms with E-state index < -0.39 is 23.0 Å². The summed E-state index contributed by atoms with van der Waals surface area (Å²) in [4.78, 5) is 35.2. The maximum absolute atomic E-state index is 13.2. The molecule has 8 heteroatoms. The van der Waals surface area contributed by atoms with Crippen LogP contribution in [0, 0.1) is 5.82 Å². The summed E-state index contributed by atoms with van der Waals surface area (Å²) in [5, 5.41) is 2.55. The average molecular weight is 321 g/mol. The van der Waals surface area contributed by atoms with E-state index in [-0.39, 0.29) is 12.3 Å². The molecule has 122 valence electrons. The Kier molecular flexibility index (Phi) is 4.95. The number of amides is 1. The van der Waals surface area contributed by atoms with Crippen molar-refractivity contribution in [2.45, 2.75) is 13.5 Å². The molecule has 2 aromatic rings. The summed E-state index contributed by atoms with van der Waals surface area (Å²) in [6.07, 6.45) is 1.25. The monoisotopic (exact) mass is 321 g/mol. The number of nitrogens with zero attached hydrogens (tertiary/aromatic N) is 2. The fourth-order valence-corrected chi connectivity index (χ4v) is 1.96. The summed E-state index contributed by atoms with van der Waals surface area (Å²) >= 11 is 0. The molecule has 0 atom stereocenters. The lowest BCUT2D eigenvalue weighted by Crippen LogP contribution is -2.38. The Labute approximate surface area is 130 Å². The van der Waals surface area contributed by atoms with Crippen molar-refractivity contribution in [3.63, 3.8) is 0 Å². The van der Waals surface area contributed by atoms with Crippen molar-refractivity contribution in [3.05, 3.63) is 57.1 Å². The molecule has 1 heterocycles. The highest BCUT2D eigenvalue weighted by Crippen LogP contribution is 2.25. The van der Waals surface area contributed by atoms with Gasteiger partial charge in [0.05, 0.1) is 12.3 Å². The normalized spacial score (nSPS) is 10.4. The summed E-state index contributed by atoms with van der Waals surface area (Å²) in [6, 6.07) is 4.92. The van der Waals surface area contributed by atoms with E-state index in [1.54, 1.807) is 6.92 Å². The second-order valence-electron chi connectivity index (χ2n) is 4.75. The Morgan fingerprint density at radius 3 is 2.74 bits per heavy atom. The number of benzene rings is 1. The predicted octanol–water partition coefficient (Wildman–Crippen LogP) is 0.724. The Hall–Kier alpha value is -2.90. The Balaban J connectivity index is 2.19. The van der Waals surface area contributed by atoms with Crippen LogP contribution in [0.4, 0.5) is 10.1 Å². The molecule has 0 fully saturated rings. The molecule has 0 bridgehead atoms.